The molecule has 7 nitrogen and oxygen atoms in total. The van der Waals surface area contributed by atoms with Crippen LogP contribution < -0.4 is 4.90 Å². The molecular weight excluding hydrogens is 274 g/mol. The van der Waals surface area contributed by atoms with Crippen molar-refractivity contribution in [2.45, 2.75) is 6.92 Å². The lowest BCUT2D eigenvalue weighted by atomic mass is 10.2. The zero-order valence-electron chi connectivity index (χ0n) is 12.0. The third kappa shape index (κ3) is 3.91. The predicted molar refractivity (Wildman–Crippen MR) is 78.4 cm³/mol. The van der Waals surface area contributed by atoms with Crippen molar-refractivity contribution in [3.63, 3.8) is 0 Å². The Kier molecular flexibility index (Phi) is 5.10. The monoisotopic (exact) mass is 293 g/mol. The zero-order chi connectivity index (χ0) is 15.2. The van der Waals surface area contributed by atoms with Crippen LogP contribution in [0.5, 0.6) is 0 Å². The highest BCUT2D eigenvalue weighted by Crippen LogP contribution is 2.28. The van der Waals surface area contributed by atoms with E-state index in [0.29, 0.717) is 38.5 Å². The summed E-state index contributed by atoms with van der Waals surface area (Å²) in [6, 6.07) is 6.74. The average molecular weight is 293 g/mol. The first-order chi connectivity index (χ1) is 10.1. The van der Waals surface area contributed by atoms with E-state index in [1.807, 2.05) is 9.80 Å². The number of anilines is 1. The van der Waals surface area contributed by atoms with Crippen molar-refractivity contribution in [3.05, 3.63) is 34.4 Å². The Balaban J connectivity index is 1.95. The van der Waals surface area contributed by atoms with Crippen LogP contribution in [0.25, 0.3) is 0 Å². The number of rotatable bonds is 5. The molecule has 1 aromatic carbocycles. The first-order valence-electron chi connectivity index (χ1n) is 6.98. The minimum absolute atomic E-state index is 0.122. The van der Waals surface area contributed by atoms with Gasteiger partial charge < -0.3 is 9.64 Å². The Morgan fingerprint density at radius 2 is 1.95 bits per heavy atom. The summed E-state index contributed by atoms with van der Waals surface area (Å²) < 4.78 is 4.92. The maximum atomic E-state index is 11.4. The average Bonchev–Trinajstić information content (AvgIpc) is 2.48. The molecule has 2 rings (SSSR count). The fourth-order valence-electron chi connectivity index (χ4n) is 2.42. The van der Waals surface area contributed by atoms with Crippen molar-refractivity contribution in [2.75, 3.05) is 44.2 Å². The second-order valence-electron chi connectivity index (χ2n) is 4.81. The summed E-state index contributed by atoms with van der Waals surface area (Å²) in [6.45, 7) is 5.13. The molecule has 1 saturated heterocycles. The number of carbonyl (C=O) groups is 1. The lowest BCUT2D eigenvalue weighted by Gasteiger charge is -2.35. The summed E-state index contributed by atoms with van der Waals surface area (Å²) in [4.78, 5) is 26.1. The van der Waals surface area contributed by atoms with Crippen LogP contribution in [0.1, 0.15) is 6.92 Å². The molecule has 0 aliphatic carbocycles. The number of nitro groups is 1. The van der Waals surface area contributed by atoms with Gasteiger partial charge in [0.25, 0.3) is 5.69 Å². The fraction of sp³-hybridized carbons (Fsp3) is 0.500. The number of hydrogen-bond donors (Lipinski definition) is 0. The molecule has 0 radical (unpaired) electrons. The van der Waals surface area contributed by atoms with E-state index in [4.69, 9.17) is 4.74 Å². The highest BCUT2D eigenvalue weighted by Gasteiger charge is 2.24. The minimum atomic E-state index is -0.361. The first-order valence-corrected chi connectivity index (χ1v) is 6.98. The van der Waals surface area contributed by atoms with Crippen LogP contribution in [-0.2, 0) is 9.53 Å². The number of hydrogen-bond acceptors (Lipinski definition) is 6. The third-order valence-electron chi connectivity index (χ3n) is 3.45. The van der Waals surface area contributed by atoms with Gasteiger partial charge in [0.05, 0.1) is 18.1 Å². The van der Waals surface area contributed by atoms with Gasteiger partial charge in [0.15, 0.2) is 0 Å². The summed E-state index contributed by atoms with van der Waals surface area (Å²) >= 11 is 0. The van der Waals surface area contributed by atoms with E-state index >= 15 is 0 Å². The van der Waals surface area contributed by atoms with E-state index in [9.17, 15) is 14.9 Å². The van der Waals surface area contributed by atoms with Crippen LogP contribution in [0, 0.1) is 10.1 Å². The SMILES string of the molecule is CCOC(=O)CN1CCN(c2ccccc2[N+](=O)[O-])CC1. The van der Waals surface area contributed by atoms with Gasteiger partial charge in [0.2, 0.25) is 0 Å². The Hall–Kier alpha value is -2.15. The van der Waals surface area contributed by atoms with Crippen molar-refractivity contribution in [2.24, 2.45) is 0 Å². The second-order valence-corrected chi connectivity index (χ2v) is 4.81. The molecule has 21 heavy (non-hydrogen) atoms. The molecule has 0 atom stereocenters. The highest BCUT2D eigenvalue weighted by atomic mass is 16.6. The number of piperazine rings is 1. The summed E-state index contributed by atoms with van der Waals surface area (Å²) in [5.74, 6) is -0.225. The van der Waals surface area contributed by atoms with Crippen LogP contribution in [0.15, 0.2) is 24.3 Å². The van der Waals surface area contributed by atoms with Gasteiger partial charge in [-0.3, -0.25) is 19.8 Å². The molecule has 1 aliphatic rings. The van der Waals surface area contributed by atoms with Gasteiger partial charge in [0, 0.05) is 32.2 Å². The number of esters is 1. The predicted octanol–water partition coefficient (Wildman–Crippen LogP) is 1.28. The molecule has 114 valence electrons. The molecule has 0 aromatic heterocycles. The van der Waals surface area contributed by atoms with Gasteiger partial charge in [-0.05, 0) is 13.0 Å². The van der Waals surface area contributed by atoms with E-state index in [1.54, 1.807) is 25.1 Å². The van der Waals surface area contributed by atoms with E-state index in [-0.39, 0.29) is 23.1 Å². The summed E-state index contributed by atoms with van der Waals surface area (Å²) in [5.41, 5.74) is 0.759. The van der Waals surface area contributed by atoms with Gasteiger partial charge in [0.1, 0.15) is 5.69 Å². The van der Waals surface area contributed by atoms with Crippen LogP contribution in [-0.4, -0.2) is 55.1 Å². The minimum Gasteiger partial charge on any atom is -0.465 e. The van der Waals surface area contributed by atoms with Crippen molar-refractivity contribution >= 4 is 17.3 Å². The molecule has 1 heterocycles. The smallest absolute Gasteiger partial charge is 0.320 e. The third-order valence-corrected chi connectivity index (χ3v) is 3.45. The second kappa shape index (κ2) is 7.03. The zero-order valence-corrected chi connectivity index (χ0v) is 12.0. The Bertz CT molecular complexity index is 513. The molecule has 0 saturated carbocycles. The van der Waals surface area contributed by atoms with Gasteiger partial charge >= 0.3 is 5.97 Å². The van der Waals surface area contributed by atoms with Crippen molar-refractivity contribution in [3.8, 4) is 0 Å². The van der Waals surface area contributed by atoms with Gasteiger partial charge in [-0.25, -0.2) is 0 Å². The lowest BCUT2D eigenvalue weighted by molar-refractivity contribution is -0.384. The highest BCUT2D eigenvalue weighted by molar-refractivity contribution is 5.71. The Morgan fingerprint density at radius 1 is 1.29 bits per heavy atom. The van der Waals surface area contributed by atoms with Crippen LogP contribution in [0.4, 0.5) is 11.4 Å². The van der Waals surface area contributed by atoms with Crippen LogP contribution in [0.3, 0.4) is 0 Å². The van der Waals surface area contributed by atoms with E-state index in [1.165, 1.54) is 6.07 Å². The number of carbonyl (C=O) groups excluding carboxylic acids is 1. The Morgan fingerprint density at radius 3 is 2.57 bits per heavy atom. The van der Waals surface area contributed by atoms with Gasteiger partial charge in [-0.2, -0.15) is 0 Å². The van der Waals surface area contributed by atoms with E-state index in [2.05, 4.69) is 0 Å². The fourth-order valence-corrected chi connectivity index (χ4v) is 2.42. The molecule has 1 fully saturated rings. The molecule has 0 spiro atoms. The number of nitrogens with zero attached hydrogens (tertiary/aromatic N) is 3. The van der Waals surface area contributed by atoms with E-state index in [0.717, 1.165) is 0 Å². The first kappa shape index (κ1) is 15.2. The summed E-state index contributed by atoms with van der Waals surface area (Å²) in [6.07, 6.45) is 0. The van der Waals surface area contributed by atoms with Crippen molar-refractivity contribution in [1.29, 1.82) is 0 Å². The quantitative estimate of drug-likeness (QED) is 0.462. The molecule has 0 N–H and O–H groups in total. The number of para-hydroxylation sites is 2. The summed E-state index contributed by atoms with van der Waals surface area (Å²) in [7, 11) is 0. The molecule has 1 aromatic rings. The number of benzene rings is 1. The van der Waals surface area contributed by atoms with Gasteiger partial charge in [-0.15, -0.1) is 0 Å². The molecular formula is C14H19N3O4. The maximum Gasteiger partial charge on any atom is 0.320 e. The molecule has 0 bridgehead atoms. The molecule has 0 amide bonds. The molecule has 1 aliphatic heterocycles. The number of ether oxygens (including phenoxy) is 1. The lowest BCUT2D eigenvalue weighted by Crippen LogP contribution is -2.48. The van der Waals surface area contributed by atoms with Crippen LogP contribution >= 0.6 is 0 Å². The van der Waals surface area contributed by atoms with Crippen molar-refractivity contribution < 1.29 is 14.5 Å². The van der Waals surface area contributed by atoms with Crippen LogP contribution in [0.2, 0.25) is 0 Å². The van der Waals surface area contributed by atoms with Crippen molar-refractivity contribution in [1.82, 2.24) is 4.90 Å². The number of nitro benzene ring substituents is 1. The topological polar surface area (TPSA) is 75.9 Å². The van der Waals surface area contributed by atoms with E-state index < -0.39 is 0 Å². The molecule has 7 heteroatoms. The van der Waals surface area contributed by atoms with Gasteiger partial charge in [-0.1, -0.05) is 12.1 Å². The maximum absolute atomic E-state index is 11.4. The summed E-state index contributed by atoms with van der Waals surface area (Å²) in [5, 5.41) is 11.1. The molecule has 0 unspecified atom stereocenters. The Labute approximate surface area is 123 Å². The largest absolute Gasteiger partial charge is 0.465 e. The normalized spacial score (nSPS) is 15.8. The standard InChI is InChI=1S/C14H19N3O4/c1-2-21-14(18)11-15-7-9-16(10-8-15)12-5-3-4-6-13(12)17(19)20/h3-6H,2,7-11H2,1H3.